The number of thiophene rings is 1. The first-order chi connectivity index (χ1) is 9.26. The minimum absolute atomic E-state index is 0.0978. The first-order valence-corrected chi connectivity index (χ1v) is 8.77. The van der Waals surface area contributed by atoms with Crippen molar-refractivity contribution >= 4 is 29.0 Å². The van der Waals surface area contributed by atoms with Crippen LogP contribution in [0.3, 0.4) is 0 Å². The van der Waals surface area contributed by atoms with Gasteiger partial charge in [0.25, 0.3) is 0 Å². The molecule has 1 aromatic heterocycles. The molecule has 108 valence electrons. The maximum absolute atomic E-state index is 11.7. The first-order valence-electron chi connectivity index (χ1n) is 6.74. The highest BCUT2D eigenvalue weighted by Gasteiger charge is 2.09. The number of carbonyl (C=O) groups excluding carboxylic acids is 1. The summed E-state index contributed by atoms with van der Waals surface area (Å²) < 4.78 is 0. The van der Waals surface area contributed by atoms with Gasteiger partial charge in [0, 0.05) is 23.8 Å². The second kappa shape index (κ2) is 10.3. The van der Waals surface area contributed by atoms with E-state index < -0.39 is 0 Å². The first kappa shape index (κ1) is 16.5. The summed E-state index contributed by atoms with van der Waals surface area (Å²) in [4.78, 5) is 13.0. The van der Waals surface area contributed by atoms with Crippen LogP contribution < -0.4 is 5.32 Å². The zero-order valence-corrected chi connectivity index (χ0v) is 13.1. The molecule has 2 N–H and O–H groups in total. The van der Waals surface area contributed by atoms with Gasteiger partial charge in [0.05, 0.1) is 5.75 Å². The Balaban J connectivity index is 2.12. The quantitative estimate of drug-likeness (QED) is 0.698. The summed E-state index contributed by atoms with van der Waals surface area (Å²) in [6, 6.07) is 4.12. The van der Waals surface area contributed by atoms with E-state index in [0.717, 1.165) is 25.0 Å². The molecule has 0 radical (unpaired) electrons. The highest BCUT2D eigenvalue weighted by Crippen LogP contribution is 2.16. The van der Waals surface area contributed by atoms with Crippen molar-refractivity contribution in [2.45, 2.75) is 31.9 Å². The average Bonchev–Trinajstić information content (AvgIpc) is 2.90. The molecule has 1 aromatic rings. The van der Waals surface area contributed by atoms with Crippen molar-refractivity contribution < 1.29 is 9.90 Å². The van der Waals surface area contributed by atoms with Gasteiger partial charge in [0.2, 0.25) is 5.91 Å². The van der Waals surface area contributed by atoms with Gasteiger partial charge in [-0.15, -0.1) is 23.1 Å². The maximum atomic E-state index is 11.7. The molecule has 19 heavy (non-hydrogen) atoms. The third kappa shape index (κ3) is 7.60. The van der Waals surface area contributed by atoms with Crippen molar-refractivity contribution in [2.24, 2.45) is 5.92 Å². The van der Waals surface area contributed by atoms with Crippen LogP contribution in [0.1, 0.15) is 31.1 Å². The van der Waals surface area contributed by atoms with Crippen molar-refractivity contribution in [1.82, 2.24) is 5.32 Å². The lowest BCUT2D eigenvalue weighted by atomic mass is 10.0. The molecule has 0 aliphatic carbocycles. The molecule has 0 aromatic carbocycles. The summed E-state index contributed by atoms with van der Waals surface area (Å²) >= 11 is 3.37. The van der Waals surface area contributed by atoms with E-state index in [4.69, 9.17) is 5.11 Å². The van der Waals surface area contributed by atoms with E-state index in [1.54, 1.807) is 23.1 Å². The van der Waals surface area contributed by atoms with E-state index in [2.05, 4.69) is 23.7 Å². The number of hydrogen-bond donors (Lipinski definition) is 2. The minimum Gasteiger partial charge on any atom is -0.396 e. The molecule has 1 heterocycles. The van der Waals surface area contributed by atoms with Crippen LogP contribution in [0.25, 0.3) is 0 Å². The molecule has 0 spiro atoms. The molecule has 3 nitrogen and oxygen atoms in total. The number of hydrogen-bond acceptors (Lipinski definition) is 4. The van der Waals surface area contributed by atoms with Crippen molar-refractivity contribution in [3.8, 4) is 0 Å². The predicted molar refractivity (Wildman–Crippen MR) is 83.6 cm³/mol. The van der Waals surface area contributed by atoms with Crippen LogP contribution in [0, 0.1) is 5.92 Å². The molecular weight excluding hydrogens is 278 g/mol. The van der Waals surface area contributed by atoms with Gasteiger partial charge in [-0.3, -0.25) is 4.79 Å². The molecule has 1 amide bonds. The molecule has 5 heteroatoms. The normalized spacial score (nSPS) is 12.3. The van der Waals surface area contributed by atoms with Crippen LogP contribution in [0.5, 0.6) is 0 Å². The SMILES string of the molecule is CCCC(CCO)CNC(=O)CSCc1cccs1. The number of aliphatic hydroxyl groups is 1. The third-order valence-corrected chi connectivity index (χ3v) is 4.92. The Bertz CT molecular complexity index is 335. The second-order valence-corrected chi connectivity index (χ2v) is 6.56. The zero-order chi connectivity index (χ0) is 13.9. The zero-order valence-electron chi connectivity index (χ0n) is 11.4. The molecule has 0 fully saturated rings. The summed E-state index contributed by atoms with van der Waals surface area (Å²) in [5.41, 5.74) is 0. The lowest BCUT2D eigenvalue weighted by Crippen LogP contribution is -2.31. The van der Waals surface area contributed by atoms with Gasteiger partial charge in [-0.05, 0) is 30.2 Å². The highest BCUT2D eigenvalue weighted by molar-refractivity contribution is 7.99. The Morgan fingerprint density at radius 3 is 3.00 bits per heavy atom. The van der Waals surface area contributed by atoms with E-state index >= 15 is 0 Å². The number of rotatable bonds is 10. The van der Waals surface area contributed by atoms with Gasteiger partial charge in [0.1, 0.15) is 0 Å². The molecule has 0 aliphatic rings. The van der Waals surface area contributed by atoms with E-state index in [0.29, 0.717) is 18.2 Å². The summed E-state index contributed by atoms with van der Waals surface area (Å²) in [6.45, 7) is 3.02. The molecule has 0 saturated heterocycles. The fourth-order valence-corrected chi connectivity index (χ4v) is 3.59. The van der Waals surface area contributed by atoms with Crippen LogP contribution in [0.15, 0.2) is 17.5 Å². The van der Waals surface area contributed by atoms with E-state index in [1.807, 2.05) is 6.07 Å². The fraction of sp³-hybridized carbons (Fsp3) is 0.643. The van der Waals surface area contributed by atoms with Crippen molar-refractivity contribution in [1.29, 1.82) is 0 Å². The van der Waals surface area contributed by atoms with Crippen LogP contribution in [0.4, 0.5) is 0 Å². The summed E-state index contributed by atoms with van der Waals surface area (Å²) in [5, 5.41) is 14.0. The Hall–Kier alpha value is -0.520. The van der Waals surface area contributed by atoms with Crippen LogP contribution in [-0.2, 0) is 10.5 Å². The summed E-state index contributed by atoms with van der Waals surface area (Å²) in [7, 11) is 0. The van der Waals surface area contributed by atoms with E-state index in [9.17, 15) is 4.79 Å². The average molecular weight is 301 g/mol. The molecule has 0 saturated carbocycles. The molecular formula is C14H23NO2S2. The monoisotopic (exact) mass is 301 g/mol. The van der Waals surface area contributed by atoms with Gasteiger partial charge < -0.3 is 10.4 Å². The third-order valence-electron chi connectivity index (χ3n) is 2.88. The molecule has 1 atom stereocenters. The molecule has 1 unspecified atom stereocenters. The number of carbonyl (C=O) groups is 1. The summed E-state index contributed by atoms with van der Waals surface area (Å²) in [6.07, 6.45) is 2.92. The molecule has 0 aliphatic heterocycles. The predicted octanol–water partition coefficient (Wildman–Crippen LogP) is 2.90. The number of amides is 1. The van der Waals surface area contributed by atoms with Gasteiger partial charge in [-0.1, -0.05) is 19.4 Å². The lowest BCUT2D eigenvalue weighted by molar-refractivity contribution is -0.118. The van der Waals surface area contributed by atoms with E-state index in [-0.39, 0.29) is 12.5 Å². The van der Waals surface area contributed by atoms with Gasteiger partial charge in [0.15, 0.2) is 0 Å². The van der Waals surface area contributed by atoms with Crippen molar-refractivity contribution in [3.05, 3.63) is 22.4 Å². The van der Waals surface area contributed by atoms with Crippen molar-refractivity contribution in [3.63, 3.8) is 0 Å². The Morgan fingerprint density at radius 2 is 2.37 bits per heavy atom. The van der Waals surface area contributed by atoms with E-state index in [1.165, 1.54) is 4.88 Å². The highest BCUT2D eigenvalue weighted by atomic mass is 32.2. The Kier molecular flexibility index (Phi) is 8.95. The van der Waals surface area contributed by atoms with Gasteiger partial charge in [-0.2, -0.15) is 0 Å². The van der Waals surface area contributed by atoms with Crippen LogP contribution in [-0.4, -0.2) is 29.9 Å². The number of aliphatic hydroxyl groups excluding tert-OH is 1. The van der Waals surface area contributed by atoms with Crippen LogP contribution in [0.2, 0.25) is 0 Å². The second-order valence-electron chi connectivity index (χ2n) is 4.54. The van der Waals surface area contributed by atoms with Crippen molar-refractivity contribution in [2.75, 3.05) is 18.9 Å². The number of thioether (sulfide) groups is 1. The maximum Gasteiger partial charge on any atom is 0.230 e. The minimum atomic E-state index is 0.0978. The standard InChI is InChI=1S/C14H23NO2S2/c1-2-4-12(6-7-16)9-15-14(17)11-18-10-13-5-3-8-19-13/h3,5,8,12,16H,2,4,6-7,9-11H2,1H3,(H,15,17). The number of nitrogens with one attached hydrogen (secondary N) is 1. The Morgan fingerprint density at radius 1 is 1.53 bits per heavy atom. The van der Waals surface area contributed by atoms with Gasteiger partial charge in [-0.25, -0.2) is 0 Å². The molecule has 1 rings (SSSR count). The lowest BCUT2D eigenvalue weighted by Gasteiger charge is -2.15. The van der Waals surface area contributed by atoms with Crippen LogP contribution >= 0.6 is 23.1 Å². The largest absolute Gasteiger partial charge is 0.396 e. The Labute approximate surface area is 123 Å². The molecule has 0 bridgehead atoms. The van der Waals surface area contributed by atoms with Gasteiger partial charge >= 0.3 is 0 Å². The fourth-order valence-electron chi connectivity index (χ4n) is 1.89. The summed E-state index contributed by atoms with van der Waals surface area (Å²) in [5.74, 6) is 1.91. The topological polar surface area (TPSA) is 49.3 Å². The smallest absolute Gasteiger partial charge is 0.230 e.